The fraction of sp³-hybridized carbons (Fsp3) is 0.263. The molecule has 0 saturated carbocycles. The van der Waals surface area contributed by atoms with Gasteiger partial charge in [0.2, 0.25) is 0 Å². The lowest BCUT2D eigenvalue weighted by Gasteiger charge is -2.17. The molecule has 1 N–H and O–H groups in total. The standard InChI is InChI=1S/C19H21NO2S/c1-13-17(16-5-4-6-18(21)19(16)23-13)12-20(2)11-14-7-9-15(22-3)10-8-14/h4-10,21H,11-12H2,1-3H3. The van der Waals surface area contributed by atoms with Crippen molar-refractivity contribution in [3.63, 3.8) is 0 Å². The summed E-state index contributed by atoms with van der Waals surface area (Å²) in [6, 6.07) is 13.9. The van der Waals surface area contributed by atoms with E-state index in [1.165, 1.54) is 16.0 Å². The molecular weight excluding hydrogens is 306 g/mol. The second-order valence-electron chi connectivity index (χ2n) is 5.81. The number of aromatic hydroxyl groups is 1. The highest BCUT2D eigenvalue weighted by atomic mass is 32.1. The Balaban J connectivity index is 1.78. The summed E-state index contributed by atoms with van der Waals surface area (Å²) in [7, 11) is 3.80. The first kappa shape index (κ1) is 15.8. The number of rotatable bonds is 5. The molecule has 4 heteroatoms. The lowest BCUT2D eigenvalue weighted by Crippen LogP contribution is -2.17. The van der Waals surface area contributed by atoms with Crippen molar-refractivity contribution in [1.82, 2.24) is 4.90 Å². The number of nitrogens with zero attached hydrogens (tertiary/aromatic N) is 1. The smallest absolute Gasteiger partial charge is 0.133 e. The average molecular weight is 327 g/mol. The van der Waals surface area contributed by atoms with Gasteiger partial charge in [-0.2, -0.15) is 0 Å². The van der Waals surface area contributed by atoms with E-state index < -0.39 is 0 Å². The lowest BCUT2D eigenvalue weighted by molar-refractivity contribution is 0.320. The third-order valence-corrected chi connectivity index (χ3v) is 5.22. The van der Waals surface area contributed by atoms with E-state index in [-0.39, 0.29) is 0 Å². The summed E-state index contributed by atoms with van der Waals surface area (Å²) in [4.78, 5) is 3.56. The predicted octanol–water partition coefficient (Wildman–Crippen LogP) is 4.56. The second-order valence-corrected chi connectivity index (χ2v) is 7.04. The molecule has 0 radical (unpaired) electrons. The zero-order valence-corrected chi connectivity index (χ0v) is 14.5. The highest BCUT2D eigenvalue weighted by molar-refractivity contribution is 7.19. The van der Waals surface area contributed by atoms with Crippen molar-refractivity contribution in [2.75, 3.05) is 14.2 Å². The summed E-state index contributed by atoms with van der Waals surface area (Å²) < 4.78 is 6.18. The van der Waals surface area contributed by atoms with Crippen molar-refractivity contribution in [1.29, 1.82) is 0 Å². The van der Waals surface area contributed by atoms with Crippen molar-refractivity contribution in [3.05, 3.63) is 58.5 Å². The third-order valence-electron chi connectivity index (χ3n) is 4.04. The largest absolute Gasteiger partial charge is 0.506 e. The summed E-state index contributed by atoms with van der Waals surface area (Å²) in [6.45, 7) is 3.86. The second kappa shape index (κ2) is 6.60. The van der Waals surface area contributed by atoms with E-state index in [0.29, 0.717) is 5.75 Å². The van der Waals surface area contributed by atoms with Gasteiger partial charge in [0.1, 0.15) is 11.5 Å². The van der Waals surface area contributed by atoms with Crippen molar-refractivity contribution in [2.24, 2.45) is 0 Å². The molecule has 0 amide bonds. The minimum atomic E-state index is 0.375. The van der Waals surface area contributed by atoms with Gasteiger partial charge >= 0.3 is 0 Å². The number of benzene rings is 2. The van der Waals surface area contributed by atoms with Crippen molar-refractivity contribution in [2.45, 2.75) is 20.0 Å². The van der Waals surface area contributed by atoms with Gasteiger partial charge in [0.05, 0.1) is 11.8 Å². The summed E-state index contributed by atoms with van der Waals surface area (Å²) in [5.41, 5.74) is 2.56. The van der Waals surface area contributed by atoms with E-state index >= 15 is 0 Å². The Morgan fingerprint density at radius 3 is 2.52 bits per heavy atom. The van der Waals surface area contributed by atoms with E-state index in [9.17, 15) is 5.11 Å². The SMILES string of the molecule is COc1ccc(CN(C)Cc2c(C)sc3c(O)cccc23)cc1. The quantitative estimate of drug-likeness (QED) is 0.746. The first-order valence-corrected chi connectivity index (χ1v) is 8.41. The van der Waals surface area contributed by atoms with Gasteiger partial charge in [-0.25, -0.2) is 0 Å². The molecule has 1 aromatic heterocycles. The van der Waals surface area contributed by atoms with Crippen LogP contribution in [0.3, 0.4) is 0 Å². The molecule has 2 aromatic carbocycles. The number of methoxy groups -OCH3 is 1. The number of hydrogen-bond donors (Lipinski definition) is 1. The Bertz CT molecular complexity index is 808. The van der Waals surface area contributed by atoms with E-state index in [1.807, 2.05) is 18.2 Å². The molecule has 0 fully saturated rings. The van der Waals surface area contributed by atoms with Crippen LogP contribution in [0.15, 0.2) is 42.5 Å². The zero-order chi connectivity index (χ0) is 16.4. The van der Waals surface area contributed by atoms with Crippen LogP contribution < -0.4 is 4.74 Å². The van der Waals surface area contributed by atoms with E-state index in [4.69, 9.17) is 4.74 Å². The van der Waals surface area contributed by atoms with Crippen molar-refractivity contribution >= 4 is 21.4 Å². The number of phenolic OH excluding ortho intramolecular Hbond substituents is 1. The van der Waals surface area contributed by atoms with Gasteiger partial charge in [-0.1, -0.05) is 24.3 Å². The third kappa shape index (κ3) is 3.33. The van der Waals surface area contributed by atoms with Gasteiger partial charge in [0.15, 0.2) is 0 Å². The van der Waals surface area contributed by atoms with E-state index in [0.717, 1.165) is 28.9 Å². The molecule has 1 heterocycles. The van der Waals surface area contributed by atoms with Crippen molar-refractivity contribution < 1.29 is 9.84 Å². The first-order valence-electron chi connectivity index (χ1n) is 7.60. The maximum Gasteiger partial charge on any atom is 0.133 e. The Morgan fingerprint density at radius 2 is 1.83 bits per heavy atom. The van der Waals surface area contributed by atoms with Crippen LogP contribution in [-0.2, 0) is 13.1 Å². The summed E-state index contributed by atoms with van der Waals surface area (Å²) >= 11 is 1.67. The van der Waals surface area contributed by atoms with Crippen LogP contribution >= 0.6 is 11.3 Å². The van der Waals surface area contributed by atoms with Crippen molar-refractivity contribution in [3.8, 4) is 11.5 Å². The molecule has 23 heavy (non-hydrogen) atoms. The van der Waals surface area contributed by atoms with Crippen LogP contribution in [0.1, 0.15) is 16.0 Å². The Labute approximate surface area is 140 Å². The van der Waals surface area contributed by atoms with Gasteiger partial charge in [0, 0.05) is 23.4 Å². The van der Waals surface area contributed by atoms with Crippen LogP contribution in [0.5, 0.6) is 11.5 Å². The zero-order valence-electron chi connectivity index (χ0n) is 13.7. The number of thiophene rings is 1. The molecule has 0 spiro atoms. The van der Waals surface area contributed by atoms with Crippen LogP contribution in [0.25, 0.3) is 10.1 Å². The number of ether oxygens (including phenoxy) is 1. The minimum Gasteiger partial charge on any atom is -0.506 e. The highest BCUT2D eigenvalue weighted by Gasteiger charge is 2.13. The maximum atomic E-state index is 10.0. The number of fused-ring (bicyclic) bond motifs is 1. The molecule has 0 aliphatic heterocycles. The first-order chi connectivity index (χ1) is 11.1. The fourth-order valence-electron chi connectivity index (χ4n) is 2.84. The number of aryl methyl sites for hydroxylation is 1. The number of hydrogen-bond acceptors (Lipinski definition) is 4. The van der Waals surface area contributed by atoms with Gasteiger partial charge in [-0.3, -0.25) is 4.90 Å². The van der Waals surface area contributed by atoms with Gasteiger partial charge in [0.25, 0.3) is 0 Å². The summed E-state index contributed by atoms with van der Waals surface area (Å²) in [5, 5.41) is 11.2. The Hall–Kier alpha value is -2.04. The average Bonchev–Trinajstić information content (AvgIpc) is 2.86. The van der Waals surface area contributed by atoms with Gasteiger partial charge in [-0.05, 0) is 43.3 Å². The number of phenols is 1. The molecular formula is C19H21NO2S. The normalized spacial score (nSPS) is 11.3. The van der Waals surface area contributed by atoms with Crippen LogP contribution in [-0.4, -0.2) is 24.2 Å². The monoisotopic (exact) mass is 327 g/mol. The van der Waals surface area contributed by atoms with Crippen LogP contribution in [0.2, 0.25) is 0 Å². The molecule has 0 saturated heterocycles. The van der Waals surface area contributed by atoms with Gasteiger partial charge < -0.3 is 9.84 Å². The molecule has 3 nitrogen and oxygen atoms in total. The summed E-state index contributed by atoms with van der Waals surface area (Å²) in [5.74, 6) is 1.26. The highest BCUT2D eigenvalue weighted by Crippen LogP contribution is 2.37. The lowest BCUT2D eigenvalue weighted by atomic mass is 10.1. The maximum absolute atomic E-state index is 10.0. The van der Waals surface area contributed by atoms with E-state index in [1.54, 1.807) is 24.5 Å². The molecule has 3 aromatic rings. The minimum absolute atomic E-state index is 0.375. The van der Waals surface area contributed by atoms with Crippen LogP contribution in [0, 0.1) is 6.92 Å². The molecule has 120 valence electrons. The molecule has 0 atom stereocenters. The van der Waals surface area contributed by atoms with Gasteiger partial charge in [-0.15, -0.1) is 11.3 Å². The molecule has 0 aliphatic carbocycles. The predicted molar refractivity (Wildman–Crippen MR) is 96.4 cm³/mol. The molecule has 0 aliphatic rings. The topological polar surface area (TPSA) is 32.7 Å². The molecule has 0 bridgehead atoms. The Morgan fingerprint density at radius 1 is 1.09 bits per heavy atom. The van der Waals surface area contributed by atoms with Crippen LogP contribution in [0.4, 0.5) is 0 Å². The summed E-state index contributed by atoms with van der Waals surface area (Å²) in [6.07, 6.45) is 0. The Kier molecular flexibility index (Phi) is 4.55. The fourth-order valence-corrected chi connectivity index (χ4v) is 3.92. The molecule has 3 rings (SSSR count). The van der Waals surface area contributed by atoms with E-state index in [2.05, 4.69) is 37.1 Å². The molecule has 0 unspecified atom stereocenters.